The lowest BCUT2D eigenvalue weighted by atomic mass is 10.2. The lowest BCUT2D eigenvalue weighted by Crippen LogP contribution is -2.13. The molecule has 110 valence electrons. The Hall–Kier alpha value is -1.86. The average molecular weight is 371 g/mol. The molecule has 0 atom stereocenters. The minimum absolute atomic E-state index is 0.0171. The molecule has 0 fully saturated rings. The van der Waals surface area contributed by atoms with Gasteiger partial charge in [-0.3, -0.25) is 0 Å². The molecule has 0 unspecified atom stereocenters. The predicted molar refractivity (Wildman–Crippen MR) is 79.7 cm³/mol. The van der Waals surface area contributed by atoms with Crippen LogP contribution in [0.4, 0.5) is 0 Å². The second-order valence-electron chi connectivity index (χ2n) is 3.98. The van der Waals surface area contributed by atoms with E-state index in [1.54, 1.807) is 24.3 Å². The molecule has 2 aromatic rings. The van der Waals surface area contributed by atoms with Gasteiger partial charge in [0.05, 0.1) is 7.11 Å². The number of para-hydroxylation sites is 1. The Morgan fingerprint density at radius 2 is 1.81 bits per heavy atom. The van der Waals surface area contributed by atoms with Crippen molar-refractivity contribution in [3.63, 3.8) is 0 Å². The van der Waals surface area contributed by atoms with E-state index in [0.29, 0.717) is 4.47 Å². The third-order valence-corrected chi connectivity index (χ3v) is 4.30. The Balaban J connectivity index is 2.40. The smallest absolute Gasteiger partial charge is 0.341 e. The second kappa shape index (κ2) is 6.28. The minimum Gasteiger partial charge on any atom is -0.465 e. The standard InChI is InChI=1S/C14H11BrO5S/c1-19-14(16)12-7-2-3-8-13(12)20-21(17,18)11-6-4-5-10(15)9-11/h2-9H,1H3. The summed E-state index contributed by atoms with van der Waals surface area (Å²) in [6, 6.07) is 12.1. The molecule has 5 nitrogen and oxygen atoms in total. The molecule has 0 aliphatic heterocycles. The highest BCUT2D eigenvalue weighted by atomic mass is 79.9. The molecule has 0 spiro atoms. The summed E-state index contributed by atoms with van der Waals surface area (Å²) in [4.78, 5) is 11.6. The highest BCUT2D eigenvalue weighted by Crippen LogP contribution is 2.24. The van der Waals surface area contributed by atoms with Crippen molar-refractivity contribution in [1.29, 1.82) is 0 Å². The van der Waals surface area contributed by atoms with Gasteiger partial charge in [0, 0.05) is 4.47 Å². The van der Waals surface area contributed by atoms with Crippen molar-refractivity contribution in [2.75, 3.05) is 7.11 Å². The summed E-state index contributed by atoms with van der Waals surface area (Å²) in [5, 5.41) is 0. The van der Waals surface area contributed by atoms with Crippen LogP contribution in [0.1, 0.15) is 10.4 Å². The van der Waals surface area contributed by atoms with E-state index in [0.717, 1.165) is 0 Å². The lowest BCUT2D eigenvalue weighted by molar-refractivity contribution is 0.0599. The van der Waals surface area contributed by atoms with Crippen molar-refractivity contribution in [1.82, 2.24) is 0 Å². The van der Waals surface area contributed by atoms with Crippen LogP contribution in [0, 0.1) is 0 Å². The molecule has 2 aromatic carbocycles. The number of methoxy groups -OCH3 is 1. The van der Waals surface area contributed by atoms with Crippen LogP contribution < -0.4 is 4.18 Å². The summed E-state index contributed by atoms with van der Waals surface area (Å²) >= 11 is 3.19. The van der Waals surface area contributed by atoms with E-state index in [9.17, 15) is 13.2 Å². The molecule has 0 radical (unpaired) electrons. The van der Waals surface area contributed by atoms with Crippen LogP contribution in [-0.2, 0) is 14.9 Å². The third-order valence-electron chi connectivity index (χ3n) is 2.58. The Bertz CT molecular complexity index is 770. The van der Waals surface area contributed by atoms with E-state index in [1.807, 2.05) is 0 Å². The van der Waals surface area contributed by atoms with Gasteiger partial charge in [-0.05, 0) is 30.3 Å². The summed E-state index contributed by atoms with van der Waals surface area (Å²) in [6.07, 6.45) is 0. The SMILES string of the molecule is COC(=O)c1ccccc1OS(=O)(=O)c1cccc(Br)c1. The molecule has 0 aliphatic carbocycles. The molecule has 7 heteroatoms. The first kappa shape index (κ1) is 15.5. The van der Waals surface area contributed by atoms with Gasteiger partial charge in [0.1, 0.15) is 10.5 Å². The number of ether oxygens (including phenoxy) is 1. The van der Waals surface area contributed by atoms with Crippen molar-refractivity contribution in [3.05, 3.63) is 58.6 Å². The summed E-state index contributed by atoms with van der Waals surface area (Å²) in [5.74, 6) is -0.751. The molecule has 0 aliphatic rings. The van der Waals surface area contributed by atoms with Gasteiger partial charge in [-0.2, -0.15) is 8.42 Å². The van der Waals surface area contributed by atoms with Crippen molar-refractivity contribution >= 4 is 32.0 Å². The monoisotopic (exact) mass is 370 g/mol. The first-order chi connectivity index (χ1) is 9.94. The highest BCUT2D eigenvalue weighted by molar-refractivity contribution is 9.10. The van der Waals surface area contributed by atoms with E-state index < -0.39 is 16.1 Å². The van der Waals surface area contributed by atoms with E-state index in [-0.39, 0.29) is 16.2 Å². The number of halogens is 1. The first-order valence-corrected chi connectivity index (χ1v) is 8.01. The number of rotatable bonds is 4. The first-order valence-electron chi connectivity index (χ1n) is 5.81. The molecular weight excluding hydrogens is 360 g/mol. The van der Waals surface area contributed by atoms with E-state index in [4.69, 9.17) is 4.18 Å². The van der Waals surface area contributed by atoms with Gasteiger partial charge in [0.15, 0.2) is 5.75 Å². The number of hydrogen-bond donors (Lipinski definition) is 0. The van der Waals surface area contributed by atoms with E-state index in [2.05, 4.69) is 20.7 Å². The summed E-state index contributed by atoms with van der Waals surface area (Å²) in [7, 11) is -2.83. The zero-order valence-corrected chi connectivity index (χ0v) is 13.3. The molecule has 0 amide bonds. The number of carbonyl (C=O) groups is 1. The summed E-state index contributed by atoms with van der Waals surface area (Å²) < 4.78 is 34.7. The van der Waals surface area contributed by atoms with Crippen molar-refractivity contribution in [3.8, 4) is 5.75 Å². The number of esters is 1. The van der Waals surface area contributed by atoms with Crippen LogP contribution >= 0.6 is 15.9 Å². The fourth-order valence-electron chi connectivity index (χ4n) is 1.61. The molecule has 0 N–H and O–H groups in total. The van der Waals surface area contributed by atoms with Crippen LogP contribution in [0.15, 0.2) is 57.9 Å². The summed E-state index contributed by atoms with van der Waals surface area (Å²) in [5.41, 5.74) is 0.0403. The maximum atomic E-state index is 12.2. The van der Waals surface area contributed by atoms with Crippen LogP contribution in [0.2, 0.25) is 0 Å². The Kier molecular flexibility index (Phi) is 4.64. The fourth-order valence-corrected chi connectivity index (χ4v) is 3.15. The van der Waals surface area contributed by atoms with E-state index in [1.165, 1.54) is 31.4 Å². The maximum Gasteiger partial charge on any atom is 0.341 e. The predicted octanol–water partition coefficient (Wildman–Crippen LogP) is 3.00. The van der Waals surface area contributed by atoms with Crippen molar-refractivity contribution < 1.29 is 22.1 Å². The minimum atomic E-state index is -4.04. The molecular formula is C14H11BrO5S. The molecule has 2 rings (SSSR count). The van der Waals surface area contributed by atoms with Crippen LogP contribution in [0.25, 0.3) is 0 Å². The van der Waals surface area contributed by atoms with Gasteiger partial charge in [0.25, 0.3) is 0 Å². The Labute approximate surface area is 130 Å². The molecule has 21 heavy (non-hydrogen) atoms. The molecule has 0 saturated carbocycles. The topological polar surface area (TPSA) is 69.7 Å². The molecule has 0 aromatic heterocycles. The van der Waals surface area contributed by atoms with Crippen molar-refractivity contribution in [2.45, 2.75) is 4.90 Å². The van der Waals surface area contributed by atoms with E-state index >= 15 is 0 Å². The Morgan fingerprint density at radius 3 is 2.48 bits per heavy atom. The average Bonchev–Trinajstić information content (AvgIpc) is 2.46. The lowest BCUT2D eigenvalue weighted by Gasteiger charge is -2.10. The van der Waals surface area contributed by atoms with Gasteiger partial charge in [-0.25, -0.2) is 4.79 Å². The third kappa shape index (κ3) is 3.62. The number of carbonyl (C=O) groups excluding carboxylic acids is 1. The molecule has 0 saturated heterocycles. The van der Waals surface area contributed by atoms with Crippen LogP contribution in [0.5, 0.6) is 5.75 Å². The zero-order valence-electron chi connectivity index (χ0n) is 10.9. The Morgan fingerprint density at radius 1 is 1.10 bits per heavy atom. The van der Waals surface area contributed by atoms with Crippen LogP contribution in [-0.4, -0.2) is 21.5 Å². The van der Waals surface area contributed by atoms with Crippen LogP contribution in [0.3, 0.4) is 0 Å². The molecule has 0 heterocycles. The van der Waals surface area contributed by atoms with Gasteiger partial charge in [0.2, 0.25) is 0 Å². The van der Waals surface area contributed by atoms with Gasteiger partial charge < -0.3 is 8.92 Å². The fraction of sp³-hybridized carbons (Fsp3) is 0.0714. The normalized spacial score (nSPS) is 11.0. The number of benzene rings is 2. The summed E-state index contributed by atoms with van der Waals surface area (Å²) in [6.45, 7) is 0. The highest BCUT2D eigenvalue weighted by Gasteiger charge is 2.21. The maximum absolute atomic E-state index is 12.2. The quantitative estimate of drug-likeness (QED) is 0.611. The zero-order chi connectivity index (χ0) is 15.5. The largest absolute Gasteiger partial charge is 0.465 e. The van der Waals surface area contributed by atoms with Gasteiger partial charge in [-0.1, -0.05) is 34.1 Å². The van der Waals surface area contributed by atoms with Crippen molar-refractivity contribution in [2.24, 2.45) is 0 Å². The molecule has 0 bridgehead atoms. The number of hydrogen-bond acceptors (Lipinski definition) is 5. The van der Waals surface area contributed by atoms with Gasteiger partial charge >= 0.3 is 16.1 Å². The second-order valence-corrected chi connectivity index (χ2v) is 6.44. The van der Waals surface area contributed by atoms with Gasteiger partial charge in [-0.15, -0.1) is 0 Å².